The number of fused-ring (bicyclic) bond motifs is 3. The predicted octanol–water partition coefficient (Wildman–Crippen LogP) is 2.24. The molecule has 0 amide bonds. The van der Waals surface area contributed by atoms with E-state index in [0.717, 1.165) is 37.4 Å². The summed E-state index contributed by atoms with van der Waals surface area (Å²) >= 11 is 1.80. The number of hydrogen-bond donors (Lipinski definition) is 1. The zero-order valence-corrected chi connectivity index (χ0v) is 11.2. The first-order chi connectivity index (χ1) is 8.90. The number of rotatable bonds is 5. The Bertz CT molecular complexity index is 533. The highest BCUT2D eigenvalue weighted by Crippen LogP contribution is 2.37. The Morgan fingerprint density at radius 3 is 3.33 bits per heavy atom. The maximum absolute atomic E-state index is 5.51. The molecule has 1 aliphatic rings. The van der Waals surface area contributed by atoms with E-state index in [0.29, 0.717) is 6.61 Å². The lowest BCUT2D eigenvalue weighted by Crippen LogP contribution is -2.19. The first kappa shape index (κ1) is 11.9. The molecule has 1 N–H and O–H groups in total. The summed E-state index contributed by atoms with van der Waals surface area (Å²) in [4.78, 5) is 1.41. The quantitative estimate of drug-likeness (QED) is 0.841. The van der Waals surface area contributed by atoms with Gasteiger partial charge in [0.25, 0.3) is 0 Å². The second-order valence-electron chi connectivity index (χ2n) is 4.36. The fraction of sp³-hybridized carbons (Fsp3) is 0.462. The standard InChI is InChI=1S/C13H16N2O2S/c1-16-6-5-14-8-11-9-2-3-12-10(4-7-18-12)13(9)17-15-11/h4,7,14H,2-3,5-6,8H2,1H3. The summed E-state index contributed by atoms with van der Waals surface area (Å²) in [6.07, 6.45) is 2.14. The van der Waals surface area contributed by atoms with Crippen molar-refractivity contribution in [2.45, 2.75) is 19.4 Å². The van der Waals surface area contributed by atoms with Crippen LogP contribution < -0.4 is 5.32 Å². The van der Waals surface area contributed by atoms with Crippen LogP contribution in [-0.2, 0) is 24.1 Å². The van der Waals surface area contributed by atoms with Gasteiger partial charge < -0.3 is 14.6 Å². The number of ether oxygens (including phenoxy) is 1. The van der Waals surface area contributed by atoms with Gasteiger partial charge in [-0.1, -0.05) is 5.16 Å². The molecule has 2 aromatic rings. The van der Waals surface area contributed by atoms with Gasteiger partial charge in [0.15, 0.2) is 5.76 Å². The summed E-state index contributed by atoms with van der Waals surface area (Å²) < 4.78 is 10.5. The van der Waals surface area contributed by atoms with Crippen molar-refractivity contribution in [3.05, 3.63) is 27.6 Å². The maximum Gasteiger partial charge on any atom is 0.171 e. The maximum atomic E-state index is 5.51. The molecule has 1 aliphatic carbocycles. The van der Waals surface area contributed by atoms with Crippen LogP contribution >= 0.6 is 11.3 Å². The third-order valence-electron chi connectivity index (χ3n) is 3.24. The molecular formula is C13H16N2O2S. The Morgan fingerprint density at radius 2 is 2.44 bits per heavy atom. The third kappa shape index (κ3) is 2.09. The van der Waals surface area contributed by atoms with Gasteiger partial charge in [0.2, 0.25) is 0 Å². The van der Waals surface area contributed by atoms with E-state index in [9.17, 15) is 0 Å². The second kappa shape index (κ2) is 5.22. The van der Waals surface area contributed by atoms with Gasteiger partial charge in [-0.3, -0.25) is 0 Å². The lowest BCUT2D eigenvalue weighted by Gasteiger charge is -2.10. The lowest BCUT2D eigenvalue weighted by molar-refractivity contribution is 0.199. The van der Waals surface area contributed by atoms with E-state index in [2.05, 4.69) is 21.9 Å². The van der Waals surface area contributed by atoms with Crippen LogP contribution in [0.1, 0.15) is 16.1 Å². The molecule has 0 aliphatic heterocycles. The van der Waals surface area contributed by atoms with E-state index in [-0.39, 0.29) is 0 Å². The van der Waals surface area contributed by atoms with E-state index in [1.54, 1.807) is 18.4 Å². The molecule has 0 spiro atoms. The number of thiophene rings is 1. The van der Waals surface area contributed by atoms with Crippen LogP contribution in [0.5, 0.6) is 0 Å². The summed E-state index contributed by atoms with van der Waals surface area (Å²) in [5.41, 5.74) is 3.54. The average molecular weight is 264 g/mol. The highest BCUT2D eigenvalue weighted by Gasteiger charge is 2.24. The molecule has 0 bridgehead atoms. The van der Waals surface area contributed by atoms with Gasteiger partial charge in [0.1, 0.15) is 5.69 Å². The van der Waals surface area contributed by atoms with Crippen LogP contribution in [0.3, 0.4) is 0 Å². The van der Waals surface area contributed by atoms with Crippen molar-refractivity contribution in [2.75, 3.05) is 20.3 Å². The smallest absolute Gasteiger partial charge is 0.171 e. The van der Waals surface area contributed by atoms with Crippen molar-refractivity contribution in [1.29, 1.82) is 0 Å². The first-order valence-electron chi connectivity index (χ1n) is 6.14. The zero-order chi connectivity index (χ0) is 12.4. The number of hydrogen-bond acceptors (Lipinski definition) is 5. The molecule has 2 heterocycles. The van der Waals surface area contributed by atoms with Crippen LogP contribution in [0, 0.1) is 0 Å². The van der Waals surface area contributed by atoms with E-state index in [1.165, 1.54) is 16.0 Å². The molecule has 4 nitrogen and oxygen atoms in total. The Balaban J connectivity index is 1.76. The number of aromatic nitrogens is 1. The van der Waals surface area contributed by atoms with Crippen molar-refractivity contribution in [3.63, 3.8) is 0 Å². The van der Waals surface area contributed by atoms with Gasteiger partial charge in [-0.05, 0) is 24.3 Å². The van der Waals surface area contributed by atoms with Gasteiger partial charge in [-0.15, -0.1) is 11.3 Å². The molecule has 0 radical (unpaired) electrons. The fourth-order valence-electron chi connectivity index (χ4n) is 2.31. The summed E-state index contributed by atoms with van der Waals surface area (Å²) in [5, 5.41) is 9.64. The molecule has 0 fully saturated rings. The number of nitrogens with one attached hydrogen (secondary N) is 1. The topological polar surface area (TPSA) is 47.3 Å². The third-order valence-corrected chi connectivity index (χ3v) is 4.22. The lowest BCUT2D eigenvalue weighted by atomic mass is 9.96. The number of aryl methyl sites for hydroxylation is 1. The molecule has 0 atom stereocenters. The summed E-state index contributed by atoms with van der Waals surface area (Å²) in [6, 6.07) is 2.13. The molecule has 96 valence electrons. The highest BCUT2D eigenvalue weighted by molar-refractivity contribution is 7.10. The minimum absolute atomic E-state index is 0.717. The van der Waals surface area contributed by atoms with Crippen LogP contribution in [0.4, 0.5) is 0 Å². The number of methoxy groups -OCH3 is 1. The van der Waals surface area contributed by atoms with Crippen LogP contribution in [0.25, 0.3) is 11.3 Å². The molecule has 0 saturated carbocycles. The number of nitrogens with zero attached hydrogens (tertiary/aromatic N) is 1. The molecule has 0 aromatic carbocycles. The summed E-state index contributed by atoms with van der Waals surface area (Å²) in [6.45, 7) is 2.30. The normalized spacial score (nSPS) is 13.4. The van der Waals surface area contributed by atoms with E-state index in [4.69, 9.17) is 9.26 Å². The first-order valence-corrected chi connectivity index (χ1v) is 7.02. The molecular weight excluding hydrogens is 248 g/mol. The zero-order valence-electron chi connectivity index (χ0n) is 10.4. The molecule has 0 unspecified atom stereocenters. The molecule has 5 heteroatoms. The molecule has 0 saturated heterocycles. The highest BCUT2D eigenvalue weighted by atomic mass is 32.1. The van der Waals surface area contributed by atoms with E-state index >= 15 is 0 Å². The summed E-state index contributed by atoms with van der Waals surface area (Å²) in [7, 11) is 1.71. The second-order valence-corrected chi connectivity index (χ2v) is 5.36. The average Bonchev–Trinajstić information content (AvgIpc) is 3.00. The van der Waals surface area contributed by atoms with E-state index in [1.807, 2.05) is 0 Å². The van der Waals surface area contributed by atoms with Crippen LogP contribution in [0.15, 0.2) is 16.0 Å². The van der Waals surface area contributed by atoms with Gasteiger partial charge >= 0.3 is 0 Å². The van der Waals surface area contributed by atoms with Crippen molar-refractivity contribution in [3.8, 4) is 11.3 Å². The SMILES string of the molecule is COCCNCc1noc2c1CCc1sccc1-2. The minimum atomic E-state index is 0.717. The van der Waals surface area contributed by atoms with Gasteiger partial charge in [-0.2, -0.15) is 0 Å². The largest absolute Gasteiger partial charge is 0.383 e. The monoisotopic (exact) mass is 264 g/mol. The van der Waals surface area contributed by atoms with Crippen molar-refractivity contribution in [1.82, 2.24) is 10.5 Å². The van der Waals surface area contributed by atoms with Gasteiger partial charge in [-0.25, -0.2) is 0 Å². The molecule has 2 aromatic heterocycles. The van der Waals surface area contributed by atoms with Gasteiger partial charge in [0.05, 0.1) is 6.61 Å². The molecule has 3 rings (SSSR count). The summed E-state index contributed by atoms with van der Waals surface area (Å²) in [5.74, 6) is 0.973. The van der Waals surface area contributed by atoms with Crippen LogP contribution in [-0.4, -0.2) is 25.4 Å². The van der Waals surface area contributed by atoms with Crippen LogP contribution in [0.2, 0.25) is 0 Å². The minimum Gasteiger partial charge on any atom is -0.383 e. The predicted molar refractivity (Wildman–Crippen MR) is 70.8 cm³/mol. The van der Waals surface area contributed by atoms with Crippen molar-refractivity contribution >= 4 is 11.3 Å². The Hall–Kier alpha value is -1.17. The van der Waals surface area contributed by atoms with Crippen molar-refractivity contribution in [2.24, 2.45) is 0 Å². The fourth-order valence-corrected chi connectivity index (χ4v) is 3.18. The Labute approximate surface area is 110 Å². The van der Waals surface area contributed by atoms with Crippen molar-refractivity contribution < 1.29 is 9.26 Å². The Kier molecular flexibility index (Phi) is 3.45. The van der Waals surface area contributed by atoms with Gasteiger partial charge in [0, 0.05) is 36.2 Å². The Morgan fingerprint density at radius 1 is 1.50 bits per heavy atom. The van der Waals surface area contributed by atoms with E-state index < -0.39 is 0 Å². The molecule has 18 heavy (non-hydrogen) atoms.